The molecule has 8 heteroatoms. The van der Waals surface area contributed by atoms with Crippen molar-refractivity contribution in [3.63, 3.8) is 0 Å². The topological polar surface area (TPSA) is 76.6 Å². The molecule has 0 spiro atoms. The quantitative estimate of drug-likeness (QED) is 0.260. The minimum atomic E-state index is -0.247. The molecule has 0 saturated carbocycles. The van der Waals surface area contributed by atoms with Crippen molar-refractivity contribution in [3.8, 4) is 0 Å². The van der Waals surface area contributed by atoms with Gasteiger partial charge in [0.2, 0.25) is 0 Å². The fourth-order valence-corrected chi connectivity index (χ4v) is 6.87. The van der Waals surface area contributed by atoms with Gasteiger partial charge in [-0.3, -0.25) is 0 Å². The van der Waals surface area contributed by atoms with Gasteiger partial charge in [0.25, 0.3) is 0 Å². The monoisotopic (exact) mass is 560 g/mol. The highest BCUT2D eigenvalue weighted by molar-refractivity contribution is 6.10. The fraction of sp³-hybridized carbons (Fsp3) is 0.143. The van der Waals surface area contributed by atoms with Crippen molar-refractivity contribution in [2.24, 2.45) is 27.0 Å². The van der Waals surface area contributed by atoms with Gasteiger partial charge in [0, 0.05) is 64.9 Å². The maximum Gasteiger partial charge on any atom is 0.151 e. The zero-order valence-electron chi connectivity index (χ0n) is 24.0. The molecule has 4 aromatic carbocycles. The first kappa shape index (κ1) is 24.1. The van der Waals surface area contributed by atoms with Gasteiger partial charge in [-0.05, 0) is 0 Å². The van der Waals surface area contributed by atoms with Crippen LogP contribution in [0.5, 0.6) is 0 Å². The molecule has 0 fully saturated rings. The van der Waals surface area contributed by atoms with Gasteiger partial charge in [0.15, 0.2) is 12.3 Å². The van der Waals surface area contributed by atoms with Gasteiger partial charge in [-0.25, -0.2) is 20.0 Å². The third kappa shape index (κ3) is 3.31. The van der Waals surface area contributed by atoms with Crippen molar-refractivity contribution in [2.75, 3.05) is 14.1 Å². The summed E-state index contributed by atoms with van der Waals surface area (Å²) in [6, 6.07) is 33.6. The summed E-state index contributed by atoms with van der Waals surface area (Å²) < 4.78 is 2.11. The van der Waals surface area contributed by atoms with Crippen LogP contribution >= 0.6 is 0 Å². The number of rotatable bonds is 0. The number of H-pyrrole nitrogens is 1. The summed E-state index contributed by atoms with van der Waals surface area (Å²) in [5.74, 6) is 3.49. The molecule has 0 aliphatic carbocycles. The van der Waals surface area contributed by atoms with Crippen molar-refractivity contribution in [1.29, 1.82) is 0 Å². The molecule has 208 valence electrons. The molecular weight excluding hydrogens is 532 g/mol. The molecule has 0 saturated heterocycles. The number of hydrogen-bond donors (Lipinski definition) is 1. The summed E-state index contributed by atoms with van der Waals surface area (Å²) in [5.41, 5.74) is 6.02. The first-order chi connectivity index (χ1) is 21.1. The lowest BCUT2D eigenvalue weighted by Crippen LogP contribution is -2.26. The van der Waals surface area contributed by atoms with Crippen LogP contribution in [0, 0.1) is 0 Å². The average Bonchev–Trinajstić information content (AvgIpc) is 3.69. The van der Waals surface area contributed by atoms with Crippen molar-refractivity contribution in [3.05, 3.63) is 130 Å². The van der Waals surface area contributed by atoms with Crippen molar-refractivity contribution >= 4 is 44.9 Å². The lowest BCUT2D eigenvalue weighted by atomic mass is 10.1. The first-order valence-corrected chi connectivity index (χ1v) is 14.5. The molecule has 2 unspecified atom stereocenters. The summed E-state index contributed by atoms with van der Waals surface area (Å²) in [5, 5.41) is 4.20. The van der Waals surface area contributed by atoms with E-state index in [1.54, 1.807) is 0 Å². The number of aromatic amines is 1. The second-order valence-corrected chi connectivity index (χ2v) is 11.4. The molecule has 43 heavy (non-hydrogen) atoms. The van der Waals surface area contributed by atoms with E-state index >= 15 is 0 Å². The second kappa shape index (κ2) is 8.75. The maximum atomic E-state index is 5.37. The number of nitrogens with one attached hydrogen (secondary N) is 1. The summed E-state index contributed by atoms with van der Waals surface area (Å²) in [4.78, 5) is 29.4. The number of nitrogens with zero attached hydrogens (tertiary/aromatic N) is 7. The van der Waals surface area contributed by atoms with Crippen molar-refractivity contribution < 1.29 is 0 Å². The highest BCUT2D eigenvalue weighted by Gasteiger charge is 2.35. The number of fused-ring (bicyclic) bond motifs is 20. The van der Waals surface area contributed by atoms with E-state index in [-0.39, 0.29) is 12.3 Å². The van der Waals surface area contributed by atoms with E-state index in [9.17, 15) is 0 Å². The van der Waals surface area contributed by atoms with E-state index in [4.69, 9.17) is 20.0 Å². The number of hydrogen-bond acceptors (Lipinski definition) is 6. The number of amidine groups is 2. The maximum absolute atomic E-state index is 5.37. The third-order valence-corrected chi connectivity index (χ3v) is 9.01. The highest BCUT2D eigenvalue weighted by Crippen LogP contribution is 2.42. The van der Waals surface area contributed by atoms with Gasteiger partial charge in [-0.1, -0.05) is 97.1 Å². The Labute approximate surface area is 247 Å². The Morgan fingerprint density at radius 3 is 1.37 bits per heavy atom. The molecule has 8 nitrogen and oxygen atoms in total. The molecule has 8 bridgehead atoms. The fourth-order valence-electron chi connectivity index (χ4n) is 6.87. The lowest BCUT2D eigenvalue weighted by Gasteiger charge is -2.19. The van der Waals surface area contributed by atoms with Crippen molar-refractivity contribution in [1.82, 2.24) is 19.4 Å². The zero-order valence-corrected chi connectivity index (χ0v) is 24.0. The minimum absolute atomic E-state index is 0.247. The van der Waals surface area contributed by atoms with Crippen LogP contribution in [0.3, 0.4) is 0 Å². The minimum Gasteiger partial charge on any atom is -0.333 e. The van der Waals surface area contributed by atoms with E-state index in [2.05, 4.69) is 138 Å². The molecule has 5 heterocycles. The summed E-state index contributed by atoms with van der Waals surface area (Å²) in [6.45, 7) is 0. The van der Waals surface area contributed by atoms with E-state index in [1.165, 1.54) is 0 Å². The Balaban J connectivity index is 1.44. The van der Waals surface area contributed by atoms with E-state index in [1.807, 2.05) is 0 Å². The Morgan fingerprint density at radius 2 is 0.907 bits per heavy atom. The van der Waals surface area contributed by atoms with Gasteiger partial charge in [0.1, 0.15) is 34.3 Å². The SMILES string of the molecule is CN1/C2=N\c3c4ccccc4c(n3C)/N=C3/c4ccccc4C(/N=c4\[nH]/c(c5ccccc45)=N\C1c1ccccc12)N3C. The van der Waals surface area contributed by atoms with Crippen LogP contribution in [-0.4, -0.2) is 45.1 Å². The van der Waals surface area contributed by atoms with Gasteiger partial charge in [0.05, 0.1) is 0 Å². The third-order valence-electron chi connectivity index (χ3n) is 9.01. The van der Waals surface area contributed by atoms with E-state index < -0.39 is 0 Å². The molecule has 3 aliphatic heterocycles. The summed E-state index contributed by atoms with van der Waals surface area (Å²) >= 11 is 0. The van der Waals surface area contributed by atoms with E-state index in [0.717, 1.165) is 78.1 Å². The molecule has 1 N–H and O–H groups in total. The highest BCUT2D eigenvalue weighted by atomic mass is 15.3. The molecule has 3 aliphatic rings. The smallest absolute Gasteiger partial charge is 0.151 e. The van der Waals surface area contributed by atoms with Gasteiger partial charge >= 0.3 is 0 Å². The Bertz CT molecular complexity index is 2160. The molecule has 0 amide bonds. The summed E-state index contributed by atoms with van der Waals surface area (Å²) in [7, 11) is 6.20. The van der Waals surface area contributed by atoms with Gasteiger partial charge in [-0.2, -0.15) is 0 Å². The van der Waals surface area contributed by atoms with Crippen LogP contribution in [0.4, 0.5) is 11.6 Å². The number of aliphatic imine (C=N–C) groups is 2. The normalized spacial score (nSPS) is 22.7. The molecule has 6 aromatic rings. The van der Waals surface area contributed by atoms with Gasteiger partial charge in [-0.15, -0.1) is 0 Å². The Hall–Kier alpha value is -5.50. The second-order valence-electron chi connectivity index (χ2n) is 11.4. The van der Waals surface area contributed by atoms with Crippen LogP contribution in [0.15, 0.2) is 117 Å². The molecule has 9 rings (SSSR count). The first-order valence-electron chi connectivity index (χ1n) is 14.5. The number of aromatic nitrogens is 2. The Morgan fingerprint density at radius 1 is 0.512 bits per heavy atom. The van der Waals surface area contributed by atoms with Crippen molar-refractivity contribution in [2.45, 2.75) is 12.3 Å². The van der Waals surface area contributed by atoms with Crippen LogP contribution in [-0.2, 0) is 7.05 Å². The number of benzene rings is 4. The Kier molecular flexibility index (Phi) is 4.91. The predicted octanol–water partition coefficient (Wildman–Crippen LogP) is 5.66. The predicted molar refractivity (Wildman–Crippen MR) is 170 cm³/mol. The van der Waals surface area contributed by atoms with Gasteiger partial charge < -0.3 is 19.4 Å². The average molecular weight is 561 g/mol. The zero-order chi connectivity index (χ0) is 28.8. The van der Waals surface area contributed by atoms with Crippen LogP contribution < -0.4 is 11.0 Å². The van der Waals surface area contributed by atoms with E-state index in [0.29, 0.717) is 0 Å². The standard InChI is InChI=1S/C35H28N8/c1-41-30-22-14-6-8-16-24(22)32(41)39-34-26-18-10-11-19-27(26)35(43(34)3)40-33-25-17-9-7-15-23(25)31(42(33)2)38-29-21-13-5-4-12-20(21)28(36-29)37-30/h4-19,30-31H,1-3H3,(H,36,37,38)/b39-32-,40-33-. The van der Waals surface area contributed by atoms with Crippen LogP contribution in [0.1, 0.15) is 34.6 Å². The van der Waals surface area contributed by atoms with Crippen LogP contribution in [0.2, 0.25) is 0 Å². The molecular formula is C35H28N8. The molecule has 2 aromatic heterocycles. The lowest BCUT2D eigenvalue weighted by molar-refractivity contribution is 0.396. The summed E-state index contributed by atoms with van der Waals surface area (Å²) in [6.07, 6.45) is -0.494. The van der Waals surface area contributed by atoms with Crippen LogP contribution in [0.25, 0.3) is 21.5 Å². The largest absolute Gasteiger partial charge is 0.333 e. The molecule has 2 atom stereocenters. The molecule has 0 radical (unpaired) electrons.